The summed E-state index contributed by atoms with van der Waals surface area (Å²) in [6.45, 7) is 3.95. The van der Waals surface area contributed by atoms with Crippen molar-refractivity contribution in [1.82, 2.24) is 4.90 Å². The molecule has 0 radical (unpaired) electrons. The zero-order valence-corrected chi connectivity index (χ0v) is 17.1. The molecule has 4 nitrogen and oxygen atoms in total. The summed E-state index contributed by atoms with van der Waals surface area (Å²) >= 11 is 0. The molecule has 0 aromatic heterocycles. The first-order valence-electron chi connectivity index (χ1n) is 10.1. The molecule has 2 aromatic carbocycles. The third-order valence-corrected chi connectivity index (χ3v) is 6.05. The summed E-state index contributed by atoms with van der Waals surface area (Å²) in [6.07, 6.45) is -2.39. The summed E-state index contributed by atoms with van der Waals surface area (Å²) in [4.78, 5) is 2.10. The average Bonchev–Trinajstić information content (AvgIpc) is 3.48. The fourth-order valence-electron chi connectivity index (χ4n) is 4.44. The Balaban J connectivity index is 1.68. The predicted molar refractivity (Wildman–Crippen MR) is 106 cm³/mol. The normalized spacial score (nSPS) is 20.9. The van der Waals surface area contributed by atoms with Crippen LogP contribution in [0.4, 0.5) is 13.2 Å². The van der Waals surface area contributed by atoms with Crippen molar-refractivity contribution in [2.45, 2.75) is 31.7 Å². The van der Waals surface area contributed by atoms with E-state index < -0.39 is 17.4 Å². The lowest BCUT2D eigenvalue weighted by Gasteiger charge is -2.56. The van der Waals surface area contributed by atoms with Crippen LogP contribution in [0, 0.1) is 11.3 Å². The number of likely N-dealkylation sites (tertiary alicyclic amines) is 1. The quantitative estimate of drug-likeness (QED) is 0.712. The smallest absolute Gasteiger partial charge is 0.493 e. The molecule has 1 saturated carbocycles. The SMILES string of the molecule is CN1CC(C)([C@@](O)(c2ccc(OC(F)(F)F)cc2)c2cccc(OCC3CC3)c2)C1. The molecule has 0 spiro atoms. The monoisotopic (exact) mass is 421 g/mol. The molecule has 30 heavy (non-hydrogen) atoms. The van der Waals surface area contributed by atoms with Gasteiger partial charge in [-0.25, -0.2) is 0 Å². The molecular formula is C23H26F3NO3. The summed E-state index contributed by atoms with van der Waals surface area (Å²) in [7, 11) is 1.97. The van der Waals surface area contributed by atoms with Gasteiger partial charge in [-0.05, 0) is 61.2 Å². The summed E-state index contributed by atoms with van der Waals surface area (Å²) in [5, 5.41) is 12.0. The molecule has 1 aliphatic carbocycles. The van der Waals surface area contributed by atoms with Crippen molar-refractivity contribution in [1.29, 1.82) is 0 Å². The van der Waals surface area contributed by atoms with Crippen molar-refractivity contribution in [3.8, 4) is 11.5 Å². The van der Waals surface area contributed by atoms with Crippen LogP contribution in [0.2, 0.25) is 0 Å². The van der Waals surface area contributed by atoms with Crippen LogP contribution in [0.25, 0.3) is 0 Å². The van der Waals surface area contributed by atoms with Gasteiger partial charge in [0, 0.05) is 18.5 Å². The van der Waals surface area contributed by atoms with E-state index in [9.17, 15) is 18.3 Å². The van der Waals surface area contributed by atoms with Gasteiger partial charge >= 0.3 is 6.36 Å². The van der Waals surface area contributed by atoms with Crippen molar-refractivity contribution < 1.29 is 27.8 Å². The third-order valence-electron chi connectivity index (χ3n) is 6.05. The molecular weight excluding hydrogens is 395 g/mol. The van der Waals surface area contributed by atoms with Gasteiger partial charge in [0.05, 0.1) is 6.61 Å². The Morgan fingerprint density at radius 3 is 2.27 bits per heavy atom. The van der Waals surface area contributed by atoms with E-state index in [1.54, 1.807) is 0 Å². The van der Waals surface area contributed by atoms with Gasteiger partial charge in [0.25, 0.3) is 0 Å². The second-order valence-electron chi connectivity index (χ2n) is 8.80. The first kappa shape index (κ1) is 21.0. The molecule has 2 aliphatic rings. The highest BCUT2D eigenvalue weighted by Gasteiger charge is 2.55. The summed E-state index contributed by atoms with van der Waals surface area (Å²) in [5.41, 5.74) is -0.721. The first-order chi connectivity index (χ1) is 14.1. The Morgan fingerprint density at radius 2 is 1.70 bits per heavy atom. The minimum Gasteiger partial charge on any atom is -0.493 e. The lowest BCUT2D eigenvalue weighted by molar-refractivity contribution is -0.274. The molecule has 1 heterocycles. The Hall–Kier alpha value is -2.25. The van der Waals surface area contributed by atoms with Gasteiger partial charge in [0.2, 0.25) is 0 Å². The number of alkyl halides is 3. The molecule has 7 heteroatoms. The minimum atomic E-state index is -4.76. The first-order valence-corrected chi connectivity index (χ1v) is 10.1. The van der Waals surface area contributed by atoms with Crippen LogP contribution < -0.4 is 9.47 Å². The molecule has 1 saturated heterocycles. The van der Waals surface area contributed by atoms with E-state index in [0.29, 0.717) is 42.5 Å². The highest BCUT2D eigenvalue weighted by molar-refractivity contribution is 5.44. The maximum atomic E-state index is 12.5. The second kappa shape index (κ2) is 7.46. The van der Waals surface area contributed by atoms with Crippen molar-refractivity contribution in [2.75, 3.05) is 26.7 Å². The van der Waals surface area contributed by atoms with Crippen LogP contribution in [-0.2, 0) is 5.60 Å². The summed E-state index contributed by atoms with van der Waals surface area (Å²) < 4.78 is 47.5. The van der Waals surface area contributed by atoms with E-state index in [0.717, 1.165) is 0 Å². The molecule has 2 fully saturated rings. The van der Waals surface area contributed by atoms with Gasteiger partial charge < -0.3 is 19.5 Å². The number of halogens is 3. The predicted octanol–water partition coefficient (Wildman–Crippen LogP) is 4.56. The van der Waals surface area contributed by atoms with E-state index in [-0.39, 0.29) is 5.75 Å². The molecule has 2 aromatic rings. The van der Waals surface area contributed by atoms with Gasteiger partial charge in [0.15, 0.2) is 0 Å². The van der Waals surface area contributed by atoms with E-state index in [2.05, 4.69) is 9.64 Å². The van der Waals surface area contributed by atoms with E-state index >= 15 is 0 Å². The van der Waals surface area contributed by atoms with Crippen molar-refractivity contribution >= 4 is 0 Å². The Morgan fingerprint density at radius 1 is 1.03 bits per heavy atom. The molecule has 1 aliphatic heterocycles. The molecule has 162 valence electrons. The number of benzene rings is 2. The fourth-order valence-corrected chi connectivity index (χ4v) is 4.44. The number of rotatable bonds is 7. The van der Waals surface area contributed by atoms with Crippen molar-refractivity contribution in [2.24, 2.45) is 11.3 Å². The van der Waals surface area contributed by atoms with Crippen LogP contribution in [0.5, 0.6) is 11.5 Å². The number of hydrogen-bond acceptors (Lipinski definition) is 4. The maximum Gasteiger partial charge on any atom is 0.573 e. The minimum absolute atomic E-state index is 0.314. The van der Waals surface area contributed by atoms with Crippen LogP contribution >= 0.6 is 0 Å². The van der Waals surface area contributed by atoms with Crippen molar-refractivity contribution in [3.05, 3.63) is 59.7 Å². The van der Waals surface area contributed by atoms with Crippen LogP contribution in [0.3, 0.4) is 0 Å². The van der Waals surface area contributed by atoms with E-state index in [1.165, 1.54) is 37.1 Å². The maximum absolute atomic E-state index is 12.5. The van der Waals surface area contributed by atoms with Crippen LogP contribution in [0.1, 0.15) is 30.9 Å². The molecule has 0 bridgehead atoms. The Kier molecular flexibility index (Phi) is 5.22. The highest BCUT2D eigenvalue weighted by Crippen LogP contribution is 2.50. The standard InChI is InChI=1S/C23H26F3NO3/c1-21(14-27(2)15-21)22(28,17-8-10-19(11-9-17)30-23(24,25)26)18-4-3-5-20(12-18)29-13-16-6-7-16/h3-5,8-12,16,28H,6-7,13-15H2,1-2H3/t22-/m1/s1. The van der Waals surface area contributed by atoms with Gasteiger partial charge in [-0.15, -0.1) is 13.2 Å². The van der Waals surface area contributed by atoms with Gasteiger partial charge in [-0.1, -0.05) is 31.2 Å². The number of aliphatic hydroxyl groups is 1. The van der Waals surface area contributed by atoms with Crippen LogP contribution in [0.15, 0.2) is 48.5 Å². The number of ether oxygens (including phenoxy) is 2. The number of nitrogens with zero attached hydrogens (tertiary/aromatic N) is 1. The largest absolute Gasteiger partial charge is 0.573 e. The molecule has 1 N–H and O–H groups in total. The fraction of sp³-hybridized carbons (Fsp3) is 0.478. The van der Waals surface area contributed by atoms with E-state index in [1.807, 2.05) is 38.2 Å². The van der Waals surface area contributed by atoms with E-state index in [4.69, 9.17) is 4.74 Å². The molecule has 0 amide bonds. The molecule has 0 unspecified atom stereocenters. The van der Waals surface area contributed by atoms with Crippen molar-refractivity contribution in [3.63, 3.8) is 0 Å². The summed E-state index contributed by atoms with van der Waals surface area (Å²) in [5.74, 6) is 0.976. The zero-order valence-electron chi connectivity index (χ0n) is 17.1. The van der Waals surface area contributed by atoms with Gasteiger partial charge in [0.1, 0.15) is 17.1 Å². The van der Waals surface area contributed by atoms with Crippen LogP contribution in [-0.4, -0.2) is 43.1 Å². The second-order valence-corrected chi connectivity index (χ2v) is 8.80. The average molecular weight is 421 g/mol. The van der Waals surface area contributed by atoms with Gasteiger partial charge in [-0.3, -0.25) is 0 Å². The summed E-state index contributed by atoms with van der Waals surface area (Å²) in [6, 6.07) is 12.9. The lowest BCUT2D eigenvalue weighted by atomic mass is 9.62. The topological polar surface area (TPSA) is 41.9 Å². The third kappa shape index (κ3) is 4.14. The Labute approximate surface area is 174 Å². The van der Waals surface area contributed by atoms with Gasteiger partial charge in [-0.2, -0.15) is 0 Å². The highest BCUT2D eigenvalue weighted by atomic mass is 19.4. The lowest BCUT2D eigenvalue weighted by Crippen LogP contribution is -2.63. The molecule has 4 rings (SSSR count). The Bertz CT molecular complexity index is 889. The number of hydrogen-bond donors (Lipinski definition) is 1. The zero-order chi connectivity index (χ0) is 21.6. The molecule has 1 atom stereocenters.